The highest BCUT2D eigenvalue weighted by Crippen LogP contribution is 2.36. The second-order valence-electron chi connectivity index (χ2n) is 8.84. The van der Waals surface area contributed by atoms with Gasteiger partial charge in [0, 0.05) is 6.54 Å². The summed E-state index contributed by atoms with van der Waals surface area (Å²) in [7, 11) is -5.92. The van der Waals surface area contributed by atoms with Crippen molar-refractivity contribution in [2.45, 2.75) is 58.1 Å². The van der Waals surface area contributed by atoms with Gasteiger partial charge in [-0.1, -0.05) is 95.3 Å². The highest BCUT2D eigenvalue weighted by Gasteiger charge is 2.50. The van der Waals surface area contributed by atoms with Crippen molar-refractivity contribution in [2.75, 3.05) is 13.2 Å². The Hall–Kier alpha value is -1.76. The van der Waals surface area contributed by atoms with E-state index in [0.29, 0.717) is 19.4 Å². The zero-order valence-electron chi connectivity index (χ0n) is 19.7. The molecule has 2 aromatic rings. The van der Waals surface area contributed by atoms with E-state index in [1.54, 1.807) is 13.8 Å². The van der Waals surface area contributed by atoms with Gasteiger partial charge in [-0.05, 0) is 28.3 Å². The van der Waals surface area contributed by atoms with Crippen LogP contribution in [0.15, 0.2) is 60.7 Å². The zero-order valence-corrected chi connectivity index (χ0v) is 21.7. The molecule has 0 aliphatic heterocycles. The maximum absolute atomic E-state index is 12.8. The standard InChI is InChI=1S/C24H36NO5PSi/c1-6-24(7-2,30-31(27)28)22(26)25-18-19-29-32(23(3,4)5,20-14-10-8-11-15-20)21-16-12-9-13-17-21/h8-17,31H,6-7,18-19H2,1-5H3,(H,25,26)(H,27,28). The Morgan fingerprint density at radius 1 is 0.969 bits per heavy atom. The summed E-state index contributed by atoms with van der Waals surface area (Å²) in [5.74, 6) is -0.388. The Balaban J connectivity index is 2.27. The third kappa shape index (κ3) is 5.77. The molecule has 0 aromatic heterocycles. The van der Waals surface area contributed by atoms with Crippen LogP contribution in [0.1, 0.15) is 47.5 Å². The van der Waals surface area contributed by atoms with Gasteiger partial charge in [0.2, 0.25) is 0 Å². The van der Waals surface area contributed by atoms with Crippen LogP contribution in [0.3, 0.4) is 0 Å². The number of carbonyl (C=O) groups excluding carboxylic acids is 1. The molecule has 0 saturated carbocycles. The van der Waals surface area contributed by atoms with Crippen molar-refractivity contribution in [2.24, 2.45) is 0 Å². The van der Waals surface area contributed by atoms with Crippen LogP contribution >= 0.6 is 8.25 Å². The average Bonchev–Trinajstić information content (AvgIpc) is 2.77. The molecule has 1 unspecified atom stereocenters. The van der Waals surface area contributed by atoms with E-state index in [4.69, 9.17) is 8.95 Å². The third-order valence-corrected chi connectivity index (χ3v) is 11.6. The van der Waals surface area contributed by atoms with Crippen LogP contribution in [0, 0.1) is 0 Å². The minimum absolute atomic E-state index is 0.157. The molecule has 2 N–H and O–H groups in total. The van der Waals surface area contributed by atoms with Crippen LogP contribution in [-0.4, -0.2) is 37.9 Å². The molecule has 0 saturated heterocycles. The van der Waals surface area contributed by atoms with Gasteiger partial charge < -0.3 is 14.6 Å². The van der Waals surface area contributed by atoms with E-state index in [-0.39, 0.29) is 17.5 Å². The Morgan fingerprint density at radius 3 is 1.81 bits per heavy atom. The van der Waals surface area contributed by atoms with Gasteiger partial charge in [0.1, 0.15) is 0 Å². The molecule has 0 radical (unpaired) electrons. The number of hydrogen-bond acceptors (Lipinski definition) is 4. The van der Waals surface area contributed by atoms with Crippen molar-refractivity contribution in [3.63, 3.8) is 0 Å². The number of amides is 1. The molecule has 2 aromatic carbocycles. The fourth-order valence-corrected chi connectivity index (χ4v) is 9.50. The smallest absolute Gasteiger partial charge is 0.317 e. The van der Waals surface area contributed by atoms with Crippen molar-refractivity contribution in [3.05, 3.63) is 60.7 Å². The van der Waals surface area contributed by atoms with Crippen LogP contribution in [0.25, 0.3) is 0 Å². The summed E-state index contributed by atoms with van der Waals surface area (Å²) in [6.45, 7) is 10.7. The lowest BCUT2D eigenvalue weighted by Gasteiger charge is -2.43. The number of nitrogens with one attached hydrogen (secondary N) is 1. The Bertz CT molecular complexity index is 843. The van der Waals surface area contributed by atoms with E-state index in [2.05, 4.69) is 50.4 Å². The first-order valence-electron chi connectivity index (χ1n) is 11.1. The quantitative estimate of drug-likeness (QED) is 0.293. The van der Waals surface area contributed by atoms with Gasteiger partial charge in [0.05, 0.1) is 6.61 Å². The summed E-state index contributed by atoms with van der Waals surface area (Å²) in [4.78, 5) is 22.1. The van der Waals surface area contributed by atoms with E-state index in [0.717, 1.165) is 0 Å². The highest BCUT2D eigenvalue weighted by atomic mass is 31.1. The molecule has 2 rings (SSSR count). The summed E-state index contributed by atoms with van der Waals surface area (Å²) in [6, 6.07) is 20.6. The predicted molar refractivity (Wildman–Crippen MR) is 132 cm³/mol. The second kappa shape index (κ2) is 11.4. The first-order chi connectivity index (χ1) is 15.1. The number of hydrogen-bond donors (Lipinski definition) is 2. The van der Waals surface area contributed by atoms with Crippen molar-refractivity contribution in [3.8, 4) is 0 Å². The molecule has 0 aliphatic carbocycles. The lowest BCUT2D eigenvalue weighted by Crippen LogP contribution is -2.67. The SMILES string of the molecule is CCC(CC)(O[PH](=O)O)C(=O)NCCO[Si](c1ccccc1)(c1ccccc1)C(C)(C)C. The van der Waals surface area contributed by atoms with Gasteiger partial charge in [-0.15, -0.1) is 0 Å². The molecule has 8 heteroatoms. The van der Waals surface area contributed by atoms with Crippen molar-refractivity contribution >= 4 is 32.9 Å². The summed E-state index contributed by atoms with van der Waals surface area (Å²) >= 11 is 0. The third-order valence-electron chi connectivity index (χ3n) is 5.96. The van der Waals surface area contributed by atoms with Crippen LogP contribution in [0.2, 0.25) is 5.04 Å². The maximum Gasteiger partial charge on any atom is 0.317 e. The Labute approximate surface area is 193 Å². The summed E-state index contributed by atoms with van der Waals surface area (Å²) < 4.78 is 23.2. The molecule has 0 spiro atoms. The van der Waals surface area contributed by atoms with Gasteiger partial charge in [-0.2, -0.15) is 0 Å². The minimum Gasteiger partial charge on any atom is -0.406 e. The molecule has 32 heavy (non-hydrogen) atoms. The molecule has 0 bridgehead atoms. The normalized spacial score (nSPS) is 13.6. The molecule has 0 heterocycles. The number of rotatable bonds is 11. The zero-order chi connectivity index (χ0) is 23.8. The maximum atomic E-state index is 12.8. The van der Waals surface area contributed by atoms with Crippen LogP contribution in [0.4, 0.5) is 0 Å². The Morgan fingerprint density at radius 2 is 1.44 bits per heavy atom. The van der Waals surface area contributed by atoms with Crippen LogP contribution < -0.4 is 15.7 Å². The van der Waals surface area contributed by atoms with Gasteiger partial charge >= 0.3 is 8.25 Å². The van der Waals surface area contributed by atoms with E-state index in [9.17, 15) is 14.3 Å². The molecule has 176 valence electrons. The van der Waals surface area contributed by atoms with Crippen LogP contribution in [-0.2, 0) is 18.3 Å². The topological polar surface area (TPSA) is 84.9 Å². The van der Waals surface area contributed by atoms with E-state index in [1.807, 2.05) is 36.4 Å². The second-order valence-corrected chi connectivity index (χ2v) is 13.9. The van der Waals surface area contributed by atoms with Gasteiger partial charge in [-0.25, -0.2) is 0 Å². The molecular weight excluding hydrogens is 441 g/mol. The molecule has 0 fully saturated rings. The van der Waals surface area contributed by atoms with E-state index in [1.165, 1.54) is 10.4 Å². The summed E-state index contributed by atoms with van der Waals surface area (Å²) in [5, 5.41) is 5.04. The van der Waals surface area contributed by atoms with Crippen LogP contribution in [0.5, 0.6) is 0 Å². The monoisotopic (exact) mass is 477 g/mol. The summed E-state index contributed by atoms with van der Waals surface area (Å²) in [5.41, 5.74) is -1.30. The van der Waals surface area contributed by atoms with Crippen molar-refractivity contribution in [1.82, 2.24) is 5.32 Å². The highest BCUT2D eigenvalue weighted by molar-refractivity contribution is 7.32. The molecule has 1 atom stereocenters. The minimum atomic E-state index is -3.24. The van der Waals surface area contributed by atoms with E-state index >= 15 is 0 Å². The van der Waals surface area contributed by atoms with Crippen molar-refractivity contribution < 1.29 is 23.2 Å². The fourth-order valence-electron chi connectivity index (χ4n) is 4.22. The fraction of sp³-hybridized carbons (Fsp3) is 0.458. The average molecular weight is 478 g/mol. The first kappa shape index (κ1) is 26.5. The summed E-state index contributed by atoms with van der Waals surface area (Å²) in [6.07, 6.45) is 0.615. The number of carbonyl (C=O) groups is 1. The molecular formula is C24H36NO5PSi. The van der Waals surface area contributed by atoms with E-state index < -0.39 is 22.2 Å². The lowest BCUT2D eigenvalue weighted by atomic mass is 9.96. The predicted octanol–water partition coefficient (Wildman–Crippen LogP) is 3.64. The van der Waals surface area contributed by atoms with Crippen molar-refractivity contribution in [1.29, 1.82) is 0 Å². The molecule has 6 nitrogen and oxygen atoms in total. The lowest BCUT2D eigenvalue weighted by molar-refractivity contribution is -0.137. The number of benzene rings is 2. The molecule has 1 amide bonds. The first-order valence-corrected chi connectivity index (χ1v) is 14.3. The van der Waals surface area contributed by atoms with Gasteiger partial charge in [0.25, 0.3) is 14.2 Å². The van der Waals surface area contributed by atoms with Gasteiger partial charge in [-0.3, -0.25) is 13.9 Å². The molecule has 0 aliphatic rings. The van der Waals surface area contributed by atoms with Gasteiger partial charge in [0.15, 0.2) is 5.60 Å². The largest absolute Gasteiger partial charge is 0.406 e. The Kier molecular flexibility index (Phi) is 9.43.